The molecule has 0 amide bonds. The van der Waals surface area contributed by atoms with Gasteiger partial charge in [0.05, 0.1) is 17.5 Å². The van der Waals surface area contributed by atoms with Gasteiger partial charge in [-0.15, -0.1) is 0 Å². The van der Waals surface area contributed by atoms with Crippen molar-refractivity contribution in [1.29, 1.82) is 0 Å². The zero-order valence-electron chi connectivity index (χ0n) is 21.8. The van der Waals surface area contributed by atoms with E-state index in [1.54, 1.807) is 12.1 Å². The lowest BCUT2D eigenvalue weighted by molar-refractivity contribution is -0.161. The number of hydrogen-bond donors (Lipinski definition) is 1. The second kappa shape index (κ2) is 13.5. The first kappa shape index (κ1) is 29.9. The predicted molar refractivity (Wildman–Crippen MR) is 157 cm³/mol. The molecule has 0 radical (unpaired) electrons. The largest absolute Gasteiger partial charge is 0.465 e. The molecule has 9 heteroatoms. The summed E-state index contributed by atoms with van der Waals surface area (Å²) in [4.78, 5) is 15.1. The summed E-state index contributed by atoms with van der Waals surface area (Å²) in [6.45, 7) is -0.433. The molecule has 5 aromatic rings. The van der Waals surface area contributed by atoms with Crippen LogP contribution in [-0.4, -0.2) is 30.8 Å². The van der Waals surface area contributed by atoms with Crippen LogP contribution in [0.2, 0.25) is 0 Å². The van der Waals surface area contributed by atoms with Crippen LogP contribution in [0.4, 0.5) is 8.78 Å². The first-order valence-corrected chi connectivity index (χ1v) is 15.2. The van der Waals surface area contributed by atoms with Gasteiger partial charge in [-0.25, -0.2) is 4.79 Å². The van der Waals surface area contributed by atoms with Gasteiger partial charge in [0.1, 0.15) is 0 Å². The molecule has 0 spiro atoms. The maximum atomic E-state index is 13.0. The van der Waals surface area contributed by atoms with Crippen LogP contribution in [0.25, 0.3) is 10.8 Å². The van der Waals surface area contributed by atoms with Crippen molar-refractivity contribution >= 4 is 37.8 Å². The second-order valence-electron chi connectivity index (χ2n) is 8.76. The summed E-state index contributed by atoms with van der Waals surface area (Å²) in [5, 5.41) is -3.15. The fraction of sp³-hybridized carbons (Fsp3) is 0.0938. The molecule has 5 aromatic carbocycles. The Kier molecular flexibility index (Phi) is 9.88. The number of hydrogen-bond acceptors (Lipinski definition) is 4. The first-order chi connectivity index (χ1) is 19.7. The SMILES string of the molecule is O=C(OCCc1cccc2ccccc12)C(F)(F)S(=O)(=O)O.c1ccc([S+](c2ccccc2)c2ccccc2)cc1. The molecule has 0 aliphatic carbocycles. The molecular formula is C32H27F2O5S2+. The van der Waals surface area contributed by atoms with Gasteiger partial charge < -0.3 is 4.74 Å². The topological polar surface area (TPSA) is 80.7 Å². The zero-order valence-corrected chi connectivity index (χ0v) is 23.4. The number of alkyl halides is 2. The molecular weight excluding hydrogens is 566 g/mol. The van der Waals surface area contributed by atoms with E-state index in [1.807, 2.05) is 30.3 Å². The minimum Gasteiger partial charge on any atom is -0.460 e. The maximum absolute atomic E-state index is 13.0. The number of fused-ring (bicyclic) bond motifs is 1. The first-order valence-electron chi connectivity index (χ1n) is 12.6. The van der Waals surface area contributed by atoms with E-state index < -0.39 is 27.9 Å². The average molecular weight is 594 g/mol. The summed E-state index contributed by atoms with van der Waals surface area (Å²) in [5.74, 6) is -2.30. The Balaban J connectivity index is 0.000000191. The average Bonchev–Trinajstić information content (AvgIpc) is 2.99. The molecule has 0 fully saturated rings. The Morgan fingerprint density at radius 3 is 1.61 bits per heavy atom. The molecule has 0 saturated heterocycles. The summed E-state index contributed by atoms with van der Waals surface area (Å²) in [7, 11) is -5.85. The van der Waals surface area contributed by atoms with Crippen molar-refractivity contribution in [3.05, 3.63) is 139 Å². The van der Waals surface area contributed by atoms with Gasteiger partial charge in [0, 0.05) is 6.42 Å². The van der Waals surface area contributed by atoms with Gasteiger partial charge in [-0.05, 0) is 52.7 Å². The van der Waals surface area contributed by atoms with Crippen molar-refractivity contribution in [2.45, 2.75) is 26.4 Å². The third-order valence-electron chi connectivity index (χ3n) is 5.98. The highest BCUT2D eigenvalue weighted by molar-refractivity contribution is 7.97. The molecule has 0 bridgehead atoms. The Labute approximate surface area is 240 Å². The number of halogens is 2. The molecule has 0 aliphatic rings. The van der Waals surface area contributed by atoms with Crippen LogP contribution in [0.15, 0.2) is 148 Å². The van der Waals surface area contributed by atoms with Crippen LogP contribution in [0, 0.1) is 0 Å². The Bertz CT molecular complexity index is 1580. The molecule has 0 aromatic heterocycles. The molecule has 0 aliphatic heterocycles. The highest BCUT2D eigenvalue weighted by Crippen LogP contribution is 2.30. The lowest BCUT2D eigenvalue weighted by Gasteiger charge is -2.12. The smallest absolute Gasteiger partial charge is 0.460 e. The van der Waals surface area contributed by atoms with Gasteiger partial charge in [-0.2, -0.15) is 17.2 Å². The maximum Gasteiger partial charge on any atom is 0.465 e. The molecule has 0 heterocycles. The summed E-state index contributed by atoms with van der Waals surface area (Å²) in [5.41, 5.74) is 0.765. The van der Waals surface area contributed by atoms with Crippen molar-refractivity contribution in [3.8, 4) is 0 Å². The van der Waals surface area contributed by atoms with Crippen LogP contribution >= 0.6 is 0 Å². The van der Waals surface area contributed by atoms with Crippen molar-refractivity contribution in [2.75, 3.05) is 6.61 Å². The molecule has 0 atom stereocenters. The lowest BCUT2D eigenvalue weighted by Crippen LogP contribution is -2.39. The van der Waals surface area contributed by atoms with Crippen LogP contribution < -0.4 is 0 Å². The molecule has 0 unspecified atom stereocenters. The zero-order chi connectivity index (χ0) is 29.3. The normalized spacial score (nSPS) is 11.5. The summed E-state index contributed by atoms with van der Waals surface area (Å²) in [6.07, 6.45) is 0.134. The van der Waals surface area contributed by atoms with Crippen molar-refractivity contribution in [1.82, 2.24) is 0 Å². The van der Waals surface area contributed by atoms with Crippen molar-refractivity contribution in [2.24, 2.45) is 0 Å². The Morgan fingerprint density at radius 1 is 0.683 bits per heavy atom. The summed E-state index contributed by atoms with van der Waals surface area (Å²) >= 11 is 0. The van der Waals surface area contributed by atoms with E-state index in [9.17, 15) is 22.0 Å². The number of esters is 1. The molecule has 210 valence electrons. The summed E-state index contributed by atoms with van der Waals surface area (Å²) < 4.78 is 59.3. The molecule has 41 heavy (non-hydrogen) atoms. The van der Waals surface area contributed by atoms with E-state index in [1.165, 1.54) is 14.7 Å². The number of carbonyl (C=O) groups excluding carboxylic acids is 1. The third-order valence-corrected chi connectivity index (χ3v) is 9.03. The lowest BCUT2D eigenvalue weighted by atomic mass is 10.0. The van der Waals surface area contributed by atoms with E-state index in [2.05, 4.69) is 95.7 Å². The fourth-order valence-corrected chi connectivity index (χ4v) is 6.41. The number of benzene rings is 5. The van der Waals surface area contributed by atoms with Crippen LogP contribution in [0.1, 0.15) is 5.56 Å². The fourth-order valence-electron chi connectivity index (χ4n) is 4.03. The van der Waals surface area contributed by atoms with Gasteiger partial charge in [0.15, 0.2) is 14.7 Å². The second-order valence-corrected chi connectivity index (χ2v) is 12.3. The van der Waals surface area contributed by atoms with E-state index in [-0.39, 0.29) is 17.3 Å². The van der Waals surface area contributed by atoms with Crippen LogP contribution in [0.5, 0.6) is 0 Å². The van der Waals surface area contributed by atoms with Crippen molar-refractivity contribution in [3.63, 3.8) is 0 Å². The predicted octanol–water partition coefficient (Wildman–Crippen LogP) is 7.19. The molecule has 0 saturated carbocycles. The van der Waals surface area contributed by atoms with Gasteiger partial charge in [0.25, 0.3) is 0 Å². The van der Waals surface area contributed by atoms with E-state index >= 15 is 0 Å². The standard InChI is InChI=1S/C18H15S.C14H12F2O5S/c1-4-10-16(11-5-1)19(17-12-6-2-7-13-17)18-14-8-3-9-15-18;15-14(16,22(18,19)20)13(17)21-9-8-11-6-3-5-10-4-1-2-7-12(10)11/h1-15H;1-7H,8-9H2,(H,18,19,20)/q+1;. The molecule has 5 rings (SSSR count). The molecule has 5 nitrogen and oxygen atoms in total. The van der Waals surface area contributed by atoms with Gasteiger partial charge in [-0.3, -0.25) is 4.55 Å². The third kappa shape index (κ3) is 7.58. The monoisotopic (exact) mass is 593 g/mol. The minimum atomic E-state index is -5.84. The Morgan fingerprint density at radius 2 is 1.12 bits per heavy atom. The van der Waals surface area contributed by atoms with E-state index in [4.69, 9.17) is 4.55 Å². The van der Waals surface area contributed by atoms with Gasteiger partial charge in [-0.1, -0.05) is 97.1 Å². The minimum absolute atomic E-state index is 0.0146. The quantitative estimate of drug-likeness (QED) is 0.117. The summed E-state index contributed by atoms with van der Waals surface area (Å²) in [6, 6.07) is 44.9. The number of rotatable bonds is 8. The van der Waals surface area contributed by atoms with E-state index in [0.717, 1.165) is 16.3 Å². The number of ether oxygens (including phenoxy) is 1. The van der Waals surface area contributed by atoms with Crippen LogP contribution in [0.3, 0.4) is 0 Å². The van der Waals surface area contributed by atoms with Gasteiger partial charge in [0.2, 0.25) is 0 Å². The van der Waals surface area contributed by atoms with Gasteiger partial charge >= 0.3 is 21.3 Å². The van der Waals surface area contributed by atoms with E-state index in [0.29, 0.717) is 0 Å². The van der Waals surface area contributed by atoms with Crippen LogP contribution in [-0.2, 0) is 37.0 Å². The number of carbonyl (C=O) groups is 1. The highest BCUT2D eigenvalue weighted by Gasteiger charge is 2.54. The Hall–Kier alpha value is -4.05. The molecule has 1 N–H and O–H groups in total. The highest BCUT2D eigenvalue weighted by atomic mass is 32.2. The van der Waals surface area contributed by atoms with Crippen molar-refractivity contribution < 1.29 is 31.3 Å².